The molecule has 0 bridgehead atoms. The first-order chi connectivity index (χ1) is 8.11. The monoisotopic (exact) mass is 273 g/mol. The highest BCUT2D eigenvalue weighted by Crippen LogP contribution is 2.08. The highest BCUT2D eigenvalue weighted by Gasteiger charge is 2.34. The van der Waals surface area contributed by atoms with Crippen LogP contribution >= 0.6 is 0 Å². The average Bonchev–Trinajstić information content (AvgIpc) is 2.27. The second-order valence-corrected chi connectivity index (χ2v) is 7.73. The number of carbonyl (C=O) groups is 3. The number of carbonyl (C=O) groups excluding carboxylic acids is 3. The van der Waals surface area contributed by atoms with Gasteiger partial charge in [-0.05, 0) is 0 Å². The molecule has 6 nitrogen and oxygen atoms in total. The first-order valence-electron chi connectivity index (χ1n) is 5.84. The fourth-order valence-corrected chi connectivity index (χ4v) is 4.36. The SMILES string of the molecule is CC(=O)N(C)[SiH](N(C)C(C)=O)N(C)C(=O)C(C)C. The number of hydrogen-bond donors (Lipinski definition) is 0. The van der Waals surface area contributed by atoms with Crippen molar-refractivity contribution in [3.05, 3.63) is 0 Å². The Morgan fingerprint density at radius 3 is 1.39 bits per heavy atom. The van der Waals surface area contributed by atoms with E-state index in [-0.39, 0.29) is 23.6 Å². The van der Waals surface area contributed by atoms with E-state index in [0.717, 1.165) is 0 Å². The van der Waals surface area contributed by atoms with Gasteiger partial charge in [-0.15, -0.1) is 0 Å². The number of hydrogen-bond acceptors (Lipinski definition) is 3. The van der Waals surface area contributed by atoms with E-state index in [9.17, 15) is 14.4 Å². The van der Waals surface area contributed by atoms with Crippen LogP contribution in [0.2, 0.25) is 0 Å². The number of rotatable bonds is 4. The first kappa shape index (κ1) is 16.6. The molecule has 18 heavy (non-hydrogen) atoms. The predicted octanol–water partition coefficient (Wildman–Crippen LogP) is -0.225. The van der Waals surface area contributed by atoms with Crippen LogP contribution < -0.4 is 0 Å². The Bertz CT molecular complexity index is 326. The third kappa shape index (κ3) is 3.83. The Labute approximate surface area is 110 Å². The standard InChI is InChI=1S/C11H23N3O3Si/c1-8(2)11(17)14(7)18(12(5)9(3)15)13(6)10(4)16/h8,18H,1-7H3. The number of nitrogens with zero attached hydrogens (tertiary/aromatic N) is 3. The molecule has 0 saturated heterocycles. The molecule has 0 aliphatic heterocycles. The summed E-state index contributed by atoms with van der Waals surface area (Å²) in [5.41, 5.74) is 0. The smallest absolute Gasteiger partial charge is 0.340 e. The zero-order chi connectivity index (χ0) is 14.6. The van der Waals surface area contributed by atoms with Gasteiger partial charge in [-0.1, -0.05) is 13.8 Å². The summed E-state index contributed by atoms with van der Waals surface area (Å²) in [4.78, 5) is 35.0. The molecule has 0 heterocycles. The maximum atomic E-state index is 12.0. The topological polar surface area (TPSA) is 60.9 Å². The Balaban J connectivity index is 5.27. The molecule has 0 aliphatic rings. The van der Waals surface area contributed by atoms with Crippen molar-refractivity contribution in [1.29, 1.82) is 0 Å². The Hall–Kier alpha value is -1.37. The van der Waals surface area contributed by atoms with Crippen molar-refractivity contribution in [2.24, 2.45) is 5.92 Å². The third-order valence-corrected chi connectivity index (χ3v) is 5.93. The lowest BCUT2D eigenvalue weighted by Gasteiger charge is -2.38. The predicted molar refractivity (Wildman–Crippen MR) is 71.6 cm³/mol. The summed E-state index contributed by atoms with van der Waals surface area (Å²) >= 11 is 0. The minimum atomic E-state index is -2.29. The maximum absolute atomic E-state index is 12.0. The highest BCUT2D eigenvalue weighted by molar-refractivity contribution is 6.58. The summed E-state index contributed by atoms with van der Waals surface area (Å²) in [5, 5.41) is 0. The zero-order valence-electron chi connectivity index (χ0n) is 12.2. The van der Waals surface area contributed by atoms with Crippen LogP contribution in [-0.4, -0.2) is 61.8 Å². The van der Waals surface area contributed by atoms with Gasteiger partial charge in [-0.3, -0.25) is 14.4 Å². The fourth-order valence-electron chi connectivity index (χ4n) is 1.63. The molecule has 0 aromatic rings. The van der Waals surface area contributed by atoms with E-state index in [1.54, 1.807) is 39.6 Å². The summed E-state index contributed by atoms with van der Waals surface area (Å²) in [5.74, 6) is -0.523. The van der Waals surface area contributed by atoms with Gasteiger partial charge in [0.25, 0.3) is 0 Å². The molecule has 0 aromatic heterocycles. The minimum absolute atomic E-state index is 0.0622. The van der Waals surface area contributed by atoms with E-state index < -0.39 is 9.28 Å². The molecule has 3 amide bonds. The summed E-state index contributed by atoms with van der Waals surface area (Å²) in [6.45, 7) is 6.46. The Morgan fingerprint density at radius 2 is 1.17 bits per heavy atom. The summed E-state index contributed by atoms with van der Waals surface area (Å²) in [7, 11) is 2.61. The van der Waals surface area contributed by atoms with Crippen LogP contribution in [-0.2, 0) is 14.4 Å². The minimum Gasteiger partial charge on any atom is -0.340 e. The van der Waals surface area contributed by atoms with Gasteiger partial charge < -0.3 is 13.7 Å². The molecule has 0 unspecified atom stereocenters. The lowest BCUT2D eigenvalue weighted by Crippen LogP contribution is -2.63. The largest absolute Gasteiger partial charge is 0.369 e. The van der Waals surface area contributed by atoms with Gasteiger partial charge in [-0.2, -0.15) is 0 Å². The summed E-state index contributed by atoms with van der Waals surface area (Å²) < 4.78 is 4.55. The zero-order valence-corrected chi connectivity index (χ0v) is 13.4. The van der Waals surface area contributed by atoms with Crippen molar-refractivity contribution in [3.8, 4) is 0 Å². The third-order valence-electron chi connectivity index (χ3n) is 2.87. The number of amides is 3. The first-order valence-corrected chi connectivity index (χ1v) is 7.39. The van der Waals surface area contributed by atoms with Crippen LogP contribution in [0.1, 0.15) is 27.7 Å². The van der Waals surface area contributed by atoms with Gasteiger partial charge in [0.2, 0.25) is 17.7 Å². The lowest BCUT2D eigenvalue weighted by atomic mass is 10.2. The quantitative estimate of drug-likeness (QED) is 0.665. The van der Waals surface area contributed by atoms with E-state index in [1.807, 2.05) is 0 Å². The van der Waals surface area contributed by atoms with Crippen molar-refractivity contribution < 1.29 is 14.4 Å². The molecular weight excluding hydrogens is 250 g/mol. The lowest BCUT2D eigenvalue weighted by molar-refractivity contribution is -0.131. The van der Waals surface area contributed by atoms with Gasteiger partial charge in [0.05, 0.1) is 0 Å². The second-order valence-electron chi connectivity index (χ2n) is 4.71. The molecule has 7 heteroatoms. The van der Waals surface area contributed by atoms with Crippen molar-refractivity contribution in [2.75, 3.05) is 21.1 Å². The molecule has 0 aliphatic carbocycles. The molecule has 0 rings (SSSR count). The molecule has 0 spiro atoms. The molecule has 0 radical (unpaired) electrons. The van der Waals surface area contributed by atoms with E-state index >= 15 is 0 Å². The molecule has 0 saturated carbocycles. The molecule has 0 N–H and O–H groups in total. The molecule has 104 valence electrons. The fraction of sp³-hybridized carbons (Fsp3) is 0.727. The van der Waals surface area contributed by atoms with Gasteiger partial charge in [-0.25, -0.2) is 0 Å². The van der Waals surface area contributed by atoms with Crippen LogP contribution in [0.15, 0.2) is 0 Å². The van der Waals surface area contributed by atoms with E-state index in [4.69, 9.17) is 0 Å². The second kappa shape index (κ2) is 6.53. The van der Waals surface area contributed by atoms with Gasteiger partial charge >= 0.3 is 9.28 Å². The van der Waals surface area contributed by atoms with Crippen LogP contribution in [0.3, 0.4) is 0 Å². The Kier molecular flexibility index (Phi) is 6.03. The van der Waals surface area contributed by atoms with Crippen molar-refractivity contribution in [2.45, 2.75) is 27.7 Å². The maximum Gasteiger partial charge on any atom is 0.369 e. The molecule has 0 atom stereocenters. The van der Waals surface area contributed by atoms with Crippen molar-refractivity contribution in [1.82, 2.24) is 13.7 Å². The van der Waals surface area contributed by atoms with Crippen LogP contribution in [0.25, 0.3) is 0 Å². The van der Waals surface area contributed by atoms with Gasteiger partial charge in [0.1, 0.15) is 0 Å². The molecular formula is C11H23N3O3Si. The van der Waals surface area contributed by atoms with Gasteiger partial charge in [0.15, 0.2) is 0 Å². The van der Waals surface area contributed by atoms with E-state index in [2.05, 4.69) is 0 Å². The summed E-state index contributed by atoms with van der Waals surface area (Å²) in [6.07, 6.45) is 0. The van der Waals surface area contributed by atoms with E-state index in [1.165, 1.54) is 23.0 Å². The van der Waals surface area contributed by atoms with Gasteiger partial charge in [0, 0.05) is 40.9 Å². The normalized spacial score (nSPS) is 10.5. The molecule has 0 fully saturated rings. The van der Waals surface area contributed by atoms with Crippen molar-refractivity contribution in [3.63, 3.8) is 0 Å². The van der Waals surface area contributed by atoms with Crippen LogP contribution in [0.4, 0.5) is 0 Å². The van der Waals surface area contributed by atoms with Crippen LogP contribution in [0.5, 0.6) is 0 Å². The Morgan fingerprint density at radius 1 is 0.833 bits per heavy atom. The average molecular weight is 273 g/mol. The molecule has 0 aromatic carbocycles. The van der Waals surface area contributed by atoms with Crippen LogP contribution in [0, 0.1) is 5.92 Å². The highest BCUT2D eigenvalue weighted by atomic mass is 28.3. The van der Waals surface area contributed by atoms with Crippen molar-refractivity contribution >= 4 is 27.0 Å². The van der Waals surface area contributed by atoms with E-state index in [0.29, 0.717) is 0 Å². The summed E-state index contributed by atoms with van der Waals surface area (Å²) in [6, 6.07) is 0.